The van der Waals surface area contributed by atoms with Gasteiger partial charge >= 0.3 is 5.97 Å². The van der Waals surface area contributed by atoms with Crippen molar-refractivity contribution in [1.82, 2.24) is 15.1 Å². The summed E-state index contributed by atoms with van der Waals surface area (Å²) >= 11 is 5.58. The Bertz CT molecular complexity index is 436. The second-order valence-corrected chi connectivity index (χ2v) is 4.21. The highest BCUT2D eigenvalue weighted by Crippen LogP contribution is 2.10. The Morgan fingerprint density at radius 3 is 2.56 bits per heavy atom. The van der Waals surface area contributed by atoms with Gasteiger partial charge < -0.3 is 10.0 Å². The van der Waals surface area contributed by atoms with Crippen LogP contribution in [0.25, 0.3) is 0 Å². The maximum Gasteiger partial charge on any atom is 0.323 e. The number of carbonyl (C=O) groups excluding carboxylic acids is 1. The predicted octanol–water partition coefficient (Wildman–Crippen LogP) is 1.46. The third kappa shape index (κ3) is 3.66. The molecular formula is C11H14ClN3O3. The molecule has 98 valence electrons. The minimum atomic E-state index is -1.06. The zero-order valence-electron chi connectivity index (χ0n) is 10.1. The molecule has 0 bridgehead atoms. The monoisotopic (exact) mass is 271 g/mol. The van der Waals surface area contributed by atoms with Gasteiger partial charge in [-0.15, -0.1) is 10.2 Å². The van der Waals surface area contributed by atoms with Gasteiger partial charge in [0.2, 0.25) is 0 Å². The topological polar surface area (TPSA) is 83.4 Å². The van der Waals surface area contributed by atoms with Crippen LogP contribution in [0.3, 0.4) is 0 Å². The van der Waals surface area contributed by atoms with Crippen molar-refractivity contribution >= 4 is 23.5 Å². The smallest absolute Gasteiger partial charge is 0.323 e. The average Bonchev–Trinajstić information content (AvgIpc) is 2.35. The summed E-state index contributed by atoms with van der Waals surface area (Å²) < 4.78 is 0. The molecule has 7 heteroatoms. The van der Waals surface area contributed by atoms with E-state index < -0.39 is 11.9 Å². The molecule has 6 nitrogen and oxygen atoms in total. The van der Waals surface area contributed by atoms with Crippen LogP contribution in [0.1, 0.15) is 30.8 Å². The first kappa shape index (κ1) is 14.4. The van der Waals surface area contributed by atoms with Crippen molar-refractivity contribution < 1.29 is 14.7 Å². The van der Waals surface area contributed by atoms with Crippen LogP contribution in [-0.2, 0) is 4.79 Å². The fraction of sp³-hybridized carbons (Fsp3) is 0.455. The predicted molar refractivity (Wildman–Crippen MR) is 65.5 cm³/mol. The summed E-state index contributed by atoms with van der Waals surface area (Å²) in [6.07, 6.45) is 0.653. The standard InChI is InChI=1S/C11H14ClN3O3/c1-3-7(2)15(6-10(16)17)11(18)8-4-5-9(12)14-13-8/h4-5,7H,3,6H2,1-2H3,(H,16,17). The van der Waals surface area contributed by atoms with E-state index in [1.165, 1.54) is 17.0 Å². The van der Waals surface area contributed by atoms with Gasteiger partial charge in [-0.1, -0.05) is 18.5 Å². The zero-order valence-corrected chi connectivity index (χ0v) is 10.9. The minimum Gasteiger partial charge on any atom is -0.480 e. The second kappa shape index (κ2) is 6.30. The number of aromatic nitrogens is 2. The van der Waals surface area contributed by atoms with E-state index in [2.05, 4.69) is 10.2 Å². The van der Waals surface area contributed by atoms with Gasteiger partial charge in [-0.25, -0.2) is 0 Å². The molecule has 0 saturated heterocycles. The lowest BCUT2D eigenvalue weighted by Crippen LogP contribution is -2.42. The van der Waals surface area contributed by atoms with Crippen LogP contribution in [0.5, 0.6) is 0 Å². The van der Waals surface area contributed by atoms with Crippen LogP contribution in [0.15, 0.2) is 12.1 Å². The Morgan fingerprint density at radius 2 is 2.11 bits per heavy atom. The lowest BCUT2D eigenvalue weighted by molar-refractivity contribution is -0.138. The molecule has 0 aromatic carbocycles. The van der Waals surface area contributed by atoms with Gasteiger partial charge in [0.1, 0.15) is 6.54 Å². The number of hydrogen-bond donors (Lipinski definition) is 1. The number of aliphatic carboxylic acids is 1. The molecule has 1 rings (SSSR count). The Hall–Kier alpha value is -1.69. The number of rotatable bonds is 5. The van der Waals surface area contributed by atoms with E-state index in [9.17, 15) is 9.59 Å². The van der Waals surface area contributed by atoms with E-state index >= 15 is 0 Å². The number of hydrogen-bond acceptors (Lipinski definition) is 4. The molecule has 0 saturated carbocycles. The fourth-order valence-electron chi connectivity index (χ4n) is 1.37. The van der Waals surface area contributed by atoms with Gasteiger partial charge in [-0.2, -0.15) is 0 Å². The number of carbonyl (C=O) groups is 2. The minimum absolute atomic E-state index is 0.0842. The highest BCUT2D eigenvalue weighted by Gasteiger charge is 2.24. The largest absolute Gasteiger partial charge is 0.480 e. The van der Waals surface area contributed by atoms with Crippen LogP contribution in [0, 0.1) is 0 Å². The number of carboxylic acid groups (broad SMARTS) is 1. The van der Waals surface area contributed by atoms with Crippen LogP contribution < -0.4 is 0 Å². The highest BCUT2D eigenvalue weighted by atomic mass is 35.5. The van der Waals surface area contributed by atoms with Crippen LogP contribution in [-0.4, -0.2) is 44.7 Å². The van der Waals surface area contributed by atoms with Crippen LogP contribution in [0.2, 0.25) is 5.15 Å². The molecule has 0 aliphatic heterocycles. The van der Waals surface area contributed by atoms with Crippen molar-refractivity contribution in [3.8, 4) is 0 Å². The molecule has 1 N–H and O–H groups in total. The highest BCUT2D eigenvalue weighted by molar-refractivity contribution is 6.29. The van der Waals surface area contributed by atoms with Crippen molar-refractivity contribution in [2.24, 2.45) is 0 Å². The van der Waals surface area contributed by atoms with Crippen LogP contribution in [0.4, 0.5) is 0 Å². The van der Waals surface area contributed by atoms with Gasteiger partial charge in [0.05, 0.1) is 0 Å². The number of amides is 1. The molecule has 0 radical (unpaired) electrons. The van der Waals surface area contributed by atoms with E-state index in [1.807, 2.05) is 6.92 Å². The quantitative estimate of drug-likeness (QED) is 0.876. The molecule has 1 heterocycles. The number of nitrogens with zero attached hydrogens (tertiary/aromatic N) is 3. The summed E-state index contributed by atoms with van der Waals surface area (Å²) in [5, 5.41) is 16.2. The summed E-state index contributed by atoms with van der Waals surface area (Å²) in [5.74, 6) is -1.53. The molecule has 0 fully saturated rings. The Labute approximate surface area is 110 Å². The first-order valence-corrected chi connectivity index (χ1v) is 5.85. The average molecular weight is 272 g/mol. The summed E-state index contributed by atoms with van der Waals surface area (Å²) in [4.78, 5) is 24.1. The lowest BCUT2D eigenvalue weighted by atomic mass is 10.2. The van der Waals surface area contributed by atoms with Crippen molar-refractivity contribution in [3.63, 3.8) is 0 Å². The van der Waals surface area contributed by atoms with Gasteiger partial charge in [0.25, 0.3) is 5.91 Å². The van der Waals surface area contributed by atoms with Crippen molar-refractivity contribution in [2.45, 2.75) is 26.3 Å². The third-order valence-corrected chi connectivity index (χ3v) is 2.74. The van der Waals surface area contributed by atoms with Crippen LogP contribution >= 0.6 is 11.6 Å². The van der Waals surface area contributed by atoms with Crippen molar-refractivity contribution in [2.75, 3.05) is 6.54 Å². The van der Waals surface area contributed by atoms with Gasteiger partial charge in [0.15, 0.2) is 10.8 Å². The normalized spacial score (nSPS) is 11.9. The maximum absolute atomic E-state index is 12.1. The van der Waals surface area contributed by atoms with E-state index in [4.69, 9.17) is 16.7 Å². The first-order chi connectivity index (χ1) is 8.45. The number of carboxylic acids is 1. The molecule has 1 aromatic heterocycles. The summed E-state index contributed by atoms with van der Waals surface area (Å²) in [6.45, 7) is 3.29. The summed E-state index contributed by atoms with van der Waals surface area (Å²) in [6, 6.07) is 2.68. The summed E-state index contributed by atoms with van der Waals surface area (Å²) in [7, 11) is 0. The number of halogens is 1. The van der Waals surface area contributed by atoms with E-state index in [0.29, 0.717) is 6.42 Å². The SMILES string of the molecule is CCC(C)N(CC(=O)O)C(=O)c1ccc(Cl)nn1. The molecule has 0 aliphatic rings. The van der Waals surface area contributed by atoms with E-state index in [1.54, 1.807) is 6.92 Å². The molecule has 0 spiro atoms. The Kier molecular flexibility index (Phi) is 5.03. The van der Waals surface area contributed by atoms with Gasteiger partial charge in [-0.3, -0.25) is 9.59 Å². The molecule has 1 amide bonds. The molecule has 1 unspecified atom stereocenters. The van der Waals surface area contributed by atoms with Crippen molar-refractivity contribution in [3.05, 3.63) is 23.0 Å². The molecule has 18 heavy (non-hydrogen) atoms. The zero-order chi connectivity index (χ0) is 13.7. The Morgan fingerprint density at radius 1 is 1.44 bits per heavy atom. The Balaban J connectivity index is 2.94. The summed E-state index contributed by atoms with van der Waals surface area (Å²) in [5.41, 5.74) is 0.0842. The van der Waals surface area contributed by atoms with Crippen molar-refractivity contribution in [1.29, 1.82) is 0 Å². The van der Waals surface area contributed by atoms with Gasteiger partial charge in [0, 0.05) is 6.04 Å². The second-order valence-electron chi connectivity index (χ2n) is 3.83. The third-order valence-electron chi connectivity index (χ3n) is 2.54. The van der Waals surface area contributed by atoms with Gasteiger partial charge in [-0.05, 0) is 25.5 Å². The van der Waals surface area contributed by atoms with E-state index in [-0.39, 0.29) is 23.4 Å². The molecule has 0 aliphatic carbocycles. The molecule has 1 aromatic rings. The van der Waals surface area contributed by atoms with E-state index in [0.717, 1.165) is 0 Å². The maximum atomic E-state index is 12.1. The lowest BCUT2D eigenvalue weighted by Gasteiger charge is -2.26. The molecule has 1 atom stereocenters. The molecular weight excluding hydrogens is 258 g/mol. The fourth-order valence-corrected chi connectivity index (χ4v) is 1.47. The first-order valence-electron chi connectivity index (χ1n) is 5.47.